The fraction of sp³-hybridized carbons (Fsp3) is 0.325. The van der Waals surface area contributed by atoms with Crippen molar-refractivity contribution in [1.29, 1.82) is 0 Å². The number of methoxy groups -OCH3 is 1. The first-order valence-corrected chi connectivity index (χ1v) is 17.4. The van der Waals surface area contributed by atoms with Crippen LogP contribution in [0.5, 0.6) is 11.5 Å². The normalized spacial score (nSPS) is 13.0. The van der Waals surface area contributed by atoms with Crippen LogP contribution in [0, 0.1) is 17.0 Å². The van der Waals surface area contributed by atoms with E-state index in [1.54, 1.807) is 61.6 Å². The van der Waals surface area contributed by atoms with E-state index < -0.39 is 10.8 Å². The van der Waals surface area contributed by atoms with Gasteiger partial charge >= 0.3 is 0 Å². The van der Waals surface area contributed by atoms with Crippen LogP contribution >= 0.6 is 0 Å². The second kappa shape index (κ2) is 17.5. The predicted molar refractivity (Wildman–Crippen MR) is 201 cm³/mol. The van der Waals surface area contributed by atoms with E-state index in [-0.39, 0.29) is 17.5 Å². The Morgan fingerprint density at radius 1 is 0.885 bits per heavy atom. The summed E-state index contributed by atoms with van der Waals surface area (Å²) in [6.07, 6.45) is 2.99. The molecule has 3 amide bonds. The number of nitrogens with zero attached hydrogens (tertiary/aromatic N) is 4. The zero-order valence-corrected chi connectivity index (χ0v) is 30.1. The van der Waals surface area contributed by atoms with Crippen molar-refractivity contribution in [2.75, 3.05) is 64.2 Å². The largest absolute Gasteiger partial charge is 0.495 e. The average molecular weight is 708 g/mol. The van der Waals surface area contributed by atoms with Crippen molar-refractivity contribution in [2.45, 2.75) is 32.6 Å². The Morgan fingerprint density at radius 2 is 1.62 bits per heavy atom. The van der Waals surface area contributed by atoms with Crippen LogP contribution in [0.4, 0.5) is 17.1 Å². The molecule has 0 bridgehead atoms. The number of nitro groups is 1. The summed E-state index contributed by atoms with van der Waals surface area (Å²) in [5, 5.41) is 14.0. The summed E-state index contributed by atoms with van der Waals surface area (Å²) in [6.45, 7) is 5.82. The number of amides is 3. The molecule has 0 atom stereocenters. The number of non-ortho nitro benzene ring substituents is 1. The van der Waals surface area contributed by atoms with Gasteiger partial charge in [-0.05, 0) is 98.5 Å². The maximum atomic E-state index is 13.7. The van der Waals surface area contributed by atoms with Gasteiger partial charge in [0.1, 0.15) is 11.5 Å². The number of ether oxygens (including phenoxy) is 2. The van der Waals surface area contributed by atoms with Crippen LogP contribution < -0.4 is 19.7 Å². The molecule has 272 valence electrons. The summed E-state index contributed by atoms with van der Waals surface area (Å²) in [5.74, 6) is 0.397. The van der Waals surface area contributed by atoms with E-state index in [0.717, 1.165) is 51.0 Å². The topological polar surface area (TPSA) is 135 Å². The first-order chi connectivity index (χ1) is 25.0. The van der Waals surface area contributed by atoms with E-state index in [1.165, 1.54) is 24.1 Å². The molecule has 0 radical (unpaired) electrons. The third-order valence-electron chi connectivity index (χ3n) is 9.19. The third-order valence-corrected chi connectivity index (χ3v) is 9.19. The number of anilines is 2. The maximum absolute atomic E-state index is 13.7. The van der Waals surface area contributed by atoms with Gasteiger partial charge in [-0.2, -0.15) is 0 Å². The number of likely N-dealkylation sites (N-methyl/N-ethyl adjacent to an activating group) is 1. The van der Waals surface area contributed by atoms with Gasteiger partial charge in [0.05, 0.1) is 30.0 Å². The van der Waals surface area contributed by atoms with E-state index in [9.17, 15) is 24.5 Å². The highest BCUT2D eigenvalue weighted by Crippen LogP contribution is 2.33. The van der Waals surface area contributed by atoms with Gasteiger partial charge in [-0.25, -0.2) is 0 Å². The quantitative estimate of drug-likeness (QED) is 0.0858. The number of aryl methyl sites for hydroxylation is 1. The van der Waals surface area contributed by atoms with E-state index in [0.29, 0.717) is 58.2 Å². The number of benzene rings is 4. The maximum Gasteiger partial charge on any atom is 0.269 e. The minimum absolute atomic E-state index is 0.0422. The Bertz CT molecular complexity index is 1900. The predicted octanol–water partition coefficient (Wildman–Crippen LogP) is 6.82. The lowest BCUT2D eigenvalue weighted by Crippen LogP contribution is -2.47. The van der Waals surface area contributed by atoms with Gasteiger partial charge in [-0.15, -0.1) is 0 Å². The number of piperazine rings is 1. The Labute approximate surface area is 304 Å². The van der Waals surface area contributed by atoms with Crippen LogP contribution in [-0.4, -0.2) is 86.4 Å². The van der Waals surface area contributed by atoms with Gasteiger partial charge in [0, 0.05) is 62.9 Å². The number of rotatable bonds is 14. The van der Waals surface area contributed by atoms with Crippen LogP contribution in [0.1, 0.15) is 52.0 Å². The summed E-state index contributed by atoms with van der Waals surface area (Å²) in [6, 6.07) is 23.5. The zero-order chi connectivity index (χ0) is 37.2. The van der Waals surface area contributed by atoms with Crippen LogP contribution in [0.2, 0.25) is 0 Å². The lowest BCUT2D eigenvalue weighted by atomic mass is 9.99. The lowest BCUT2D eigenvalue weighted by molar-refractivity contribution is -0.384. The molecule has 0 spiro atoms. The highest BCUT2D eigenvalue weighted by atomic mass is 16.6. The molecule has 1 N–H and O–H groups in total. The van der Waals surface area contributed by atoms with E-state index >= 15 is 0 Å². The molecule has 12 nitrogen and oxygen atoms in total. The number of nitro benzene ring substituents is 1. The minimum Gasteiger partial charge on any atom is -0.495 e. The number of carbonyl (C=O) groups excluding carboxylic acids is 3. The Hall–Kier alpha value is -5.75. The molecular weight excluding hydrogens is 662 g/mol. The first kappa shape index (κ1) is 37.5. The number of carbonyl (C=O) groups is 3. The van der Waals surface area contributed by atoms with Gasteiger partial charge in [0.25, 0.3) is 17.5 Å². The SMILES string of the molecule is COc1cc(C(=O)N(C)c2ccc(C)cc2OCCCCCC(=O)N2CCN(C)CC2)ccc1NC(=O)c1ccccc1-c1ccc([N+](=O)[O-])cc1. The number of hydrogen-bond acceptors (Lipinski definition) is 8. The molecule has 0 saturated carbocycles. The molecule has 4 aromatic carbocycles. The van der Waals surface area contributed by atoms with Crippen molar-refractivity contribution >= 4 is 34.8 Å². The summed E-state index contributed by atoms with van der Waals surface area (Å²) in [5.41, 5.74) is 3.91. The van der Waals surface area contributed by atoms with Crippen LogP contribution in [0.25, 0.3) is 11.1 Å². The van der Waals surface area contributed by atoms with Crippen molar-refractivity contribution < 1.29 is 28.8 Å². The summed E-state index contributed by atoms with van der Waals surface area (Å²) in [7, 11) is 5.22. The summed E-state index contributed by atoms with van der Waals surface area (Å²) < 4.78 is 11.8. The van der Waals surface area contributed by atoms with Crippen LogP contribution in [0.3, 0.4) is 0 Å². The molecule has 1 saturated heterocycles. The fourth-order valence-corrected chi connectivity index (χ4v) is 6.08. The monoisotopic (exact) mass is 707 g/mol. The average Bonchev–Trinajstić information content (AvgIpc) is 3.16. The van der Waals surface area contributed by atoms with Crippen LogP contribution in [-0.2, 0) is 4.79 Å². The third kappa shape index (κ3) is 9.32. The van der Waals surface area contributed by atoms with Crippen molar-refractivity contribution in [2.24, 2.45) is 0 Å². The van der Waals surface area contributed by atoms with E-state index in [1.807, 2.05) is 30.0 Å². The molecule has 12 heteroatoms. The highest BCUT2D eigenvalue weighted by Gasteiger charge is 2.22. The molecule has 52 heavy (non-hydrogen) atoms. The van der Waals surface area contributed by atoms with Crippen molar-refractivity contribution in [1.82, 2.24) is 9.80 Å². The first-order valence-electron chi connectivity index (χ1n) is 17.4. The standard InChI is InChI=1S/C40H45N5O7/c1-28-13-20-35(37(26-28)52-25-9-5-6-12-38(46)44-23-21-42(2)22-24-44)43(3)40(48)30-16-19-34(36(27-30)51-4)41-39(47)33-11-8-7-10-32(33)29-14-17-31(18-15-29)45(49)50/h7-8,10-11,13-20,26-27H,5-6,9,12,21-25H2,1-4H3,(H,41,47). The fourth-order valence-electron chi connectivity index (χ4n) is 6.08. The van der Waals surface area contributed by atoms with Gasteiger partial charge in [0.2, 0.25) is 5.91 Å². The molecule has 1 fully saturated rings. The van der Waals surface area contributed by atoms with Gasteiger partial charge in [0.15, 0.2) is 0 Å². The second-order valence-corrected chi connectivity index (χ2v) is 12.9. The molecule has 1 heterocycles. The number of nitrogens with one attached hydrogen (secondary N) is 1. The summed E-state index contributed by atoms with van der Waals surface area (Å²) in [4.78, 5) is 56.1. The molecule has 4 aromatic rings. The molecule has 0 unspecified atom stereocenters. The minimum atomic E-state index is -0.473. The van der Waals surface area contributed by atoms with Gasteiger partial charge < -0.3 is 29.5 Å². The number of hydrogen-bond donors (Lipinski definition) is 1. The highest BCUT2D eigenvalue weighted by molar-refractivity contribution is 6.10. The lowest BCUT2D eigenvalue weighted by Gasteiger charge is -2.32. The molecule has 1 aliphatic heterocycles. The zero-order valence-electron chi connectivity index (χ0n) is 30.1. The van der Waals surface area contributed by atoms with Gasteiger partial charge in [-0.1, -0.05) is 24.3 Å². The van der Waals surface area contributed by atoms with Crippen LogP contribution in [0.15, 0.2) is 84.9 Å². The Balaban J connectivity index is 1.21. The van der Waals surface area contributed by atoms with Crippen molar-refractivity contribution in [3.8, 4) is 22.6 Å². The Kier molecular flexibility index (Phi) is 12.6. The Morgan fingerprint density at radius 3 is 2.33 bits per heavy atom. The van der Waals surface area contributed by atoms with Gasteiger partial charge in [-0.3, -0.25) is 24.5 Å². The molecule has 0 aliphatic carbocycles. The molecule has 5 rings (SSSR count). The summed E-state index contributed by atoms with van der Waals surface area (Å²) >= 11 is 0. The molecule has 1 aliphatic rings. The molecule has 0 aromatic heterocycles. The van der Waals surface area contributed by atoms with E-state index in [4.69, 9.17) is 9.47 Å². The smallest absolute Gasteiger partial charge is 0.269 e. The van der Waals surface area contributed by atoms with Crippen molar-refractivity contribution in [3.05, 3.63) is 112 Å². The number of unbranched alkanes of at least 4 members (excludes halogenated alkanes) is 2. The van der Waals surface area contributed by atoms with Crippen molar-refractivity contribution in [3.63, 3.8) is 0 Å². The second-order valence-electron chi connectivity index (χ2n) is 12.9. The van der Waals surface area contributed by atoms with E-state index in [2.05, 4.69) is 17.3 Å². The molecular formula is C40H45N5O7.